The molecule has 7 nitrogen and oxygen atoms in total. The average molecular weight is 438 g/mol. The third-order valence-corrected chi connectivity index (χ3v) is 5.90. The summed E-state index contributed by atoms with van der Waals surface area (Å²) < 4.78 is 0. The summed E-state index contributed by atoms with van der Waals surface area (Å²) in [5.74, 6) is -0.210. The zero-order valence-electron chi connectivity index (χ0n) is 17.5. The van der Waals surface area contributed by atoms with Crippen LogP contribution in [0.5, 0.6) is 0 Å². The maximum atomic E-state index is 12.1. The molecule has 0 saturated carbocycles. The van der Waals surface area contributed by atoms with E-state index in [9.17, 15) is 9.59 Å². The molecule has 160 valence electrons. The van der Waals surface area contributed by atoms with E-state index in [0.717, 1.165) is 51.3 Å². The van der Waals surface area contributed by atoms with Crippen LogP contribution in [0, 0.1) is 0 Å². The standard InChI is InChI=1S/C23H24ClN5O2/c1-3-15-9-20-21(28-22(15)30)8-14(10-26-20)12-29-7-6-17(18(24)13-29)16-4-5-19(27-11-16)23(31)25-2/h4-5,8-11H,3,6-7,12-13H2,1-2H3,(H,25,31)(H,28,30). The number of carbonyl (C=O) groups is 1. The maximum absolute atomic E-state index is 12.1. The molecule has 0 radical (unpaired) electrons. The molecular formula is C23H24ClN5O2. The van der Waals surface area contributed by atoms with E-state index in [4.69, 9.17) is 11.6 Å². The molecule has 0 bridgehead atoms. The summed E-state index contributed by atoms with van der Waals surface area (Å²) in [6, 6.07) is 7.44. The van der Waals surface area contributed by atoms with Gasteiger partial charge in [-0.2, -0.15) is 0 Å². The molecule has 0 atom stereocenters. The summed E-state index contributed by atoms with van der Waals surface area (Å²) in [4.78, 5) is 37.7. The number of amides is 1. The number of halogens is 1. The van der Waals surface area contributed by atoms with E-state index >= 15 is 0 Å². The van der Waals surface area contributed by atoms with Gasteiger partial charge >= 0.3 is 0 Å². The van der Waals surface area contributed by atoms with Crippen LogP contribution in [-0.4, -0.2) is 45.9 Å². The number of H-pyrrole nitrogens is 1. The third-order valence-electron chi connectivity index (χ3n) is 5.55. The minimum atomic E-state index is -0.210. The highest BCUT2D eigenvalue weighted by atomic mass is 35.5. The summed E-state index contributed by atoms with van der Waals surface area (Å²) in [6.07, 6.45) is 5.03. The number of aromatic amines is 1. The minimum absolute atomic E-state index is 0.0569. The maximum Gasteiger partial charge on any atom is 0.269 e. The number of pyridine rings is 3. The fourth-order valence-corrected chi connectivity index (χ4v) is 4.19. The smallest absolute Gasteiger partial charge is 0.269 e. The van der Waals surface area contributed by atoms with Crippen LogP contribution in [0.25, 0.3) is 16.6 Å². The van der Waals surface area contributed by atoms with Crippen molar-refractivity contribution < 1.29 is 4.79 Å². The number of carbonyl (C=O) groups excluding carboxylic acids is 1. The van der Waals surface area contributed by atoms with Crippen LogP contribution < -0.4 is 10.9 Å². The van der Waals surface area contributed by atoms with E-state index in [-0.39, 0.29) is 11.5 Å². The molecule has 1 aliphatic heterocycles. The molecule has 0 unspecified atom stereocenters. The molecule has 0 fully saturated rings. The van der Waals surface area contributed by atoms with Crippen molar-refractivity contribution in [1.29, 1.82) is 0 Å². The Bertz CT molecular complexity index is 1220. The van der Waals surface area contributed by atoms with Crippen LogP contribution in [0.3, 0.4) is 0 Å². The second kappa shape index (κ2) is 8.99. The highest BCUT2D eigenvalue weighted by Gasteiger charge is 2.20. The topological polar surface area (TPSA) is 91.0 Å². The zero-order chi connectivity index (χ0) is 22.0. The van der Waals surface area contributed by atoms with Gasteiger partial charge in [-0.15, -0.1) is 0 Å². The lowest BCUT2D eigenvalue weighted by Crippen LogP contribution is -2.30. The second-order valence-electron chi connectivity index (χ2n) is 7.61. The van der Waals surface area contributed by atoms with Crippen molar-refractivity contribution in [3.63, 3.8) is 0 Å². The molecule has 4 rings (SSSR count). The highest BCUT2D eigenvalue weighted by molar-refractivity contribution is 6.33. The number of hydrogen-bond acceptors (Lipinski definition) is 5. The molecule has 4 heterocycles. The number of rotatable bonds is 5. The first-order chi connectivity index (χ1) is 15.0. The van der Waals surface area contributed by atoms with Gasteiger partial charge in [0.1, 0.15) is 5.69 Å². The monoisotopic (exact) mass is 437 g/mol. The largest absolute Gasteiger partial charge is 0.354 e. The summed E-state index contributed by atoms with van der Waals surface area (Å²) in [7, 11) is 1.58. The Morgan fingerprint density at radius 3 is 2.77 bits per heavy atom. The van der Waals surface area contributed by atoms with E-state index in [1.807, 2.05) is 31.3 Å². The van der Waals surface area contributed by atoms with Gasteiger partial charge in [-0.25, -0.2) is 0 Å². The predicted octanol–water partition coefficient (Wildman–Crippen LogP) is 3.10. The predicted molar refractivity (Wildman–Crippen MR) is 122 cm³/mol. The van der Waals surface area contributed by atoms with E-state index in [1.165, 1.54) is 0 Å². The van der Waals surface area contributed by atoms with E-state index in [1.54, 1.807) is 19.3 Å². The first-order valence-electron chi connectivity index (χ1n) is 10.3. The third kappa shape index (κ3) is 4.52. The molecule has 3 aromatic rings. The molecule has 3 aromatic heterocycles. The number of nitrogens with zero attached hydrogens (tertiary/aromatic N) is 3. The SMILES string of the molecule is CCc1cc2ncc(CN3CCC(c4ccc(C(=O)NC)nc4)=C(Cl)C3)cc2[nH]c1=O. The number of hydrogen-bond donors (Lipinski definition) is 2. The average Bonchev–Trinajstić information content (AvgIpc) is 2.78. The Kier molecular flexibility index (Phi) is 6.15. The number of nitrogens with one attached hydrogen (secondary N) is 2. The number of fused-ring (bicyclic) bond motifs is 1. The molecule has 8 heteroatoms. The lowest BCUT2D eigenvalue weighted by molar-refractivity contribution is 0.0958. The summed E-state index contributed by atoms with van der Waals surface area (Å²) in [5.41, 5.74) is 5.64. The molecule has 0 saturated heterocycles. The summed E-state index contributed by atoms with van der Waals surface area (Å²) in [5, 5.41) is 3.34. The van der Waals surface area contributed by atoms with Crippen molar-refractivity contribution in [2.75, 3.05) is 20.1 Å². The van der Waals surface area contributed by atoms with Gasteiger partial charge in [-0.05, 0) is 47.7 Å². The molecule has 0 spiro atoms. The Balaban J connectivity index is 1.49. The van der Waals surface area contributed by atoms with Gasteiger partial charge < -0.3 is 10.3 Å². The Morgan fingerprint density at radius 1 is 1.26 bits per heavy atom. The Labute approximate surface area is 185 Å². The van der Waals surface area contributed by atoms with Crippen LogP contribution >= 0.6 is 11.6 Å². The van der Waals surface area contributed by atoms with Gasteiger partial charge in [0.25, 0.3) is 11.5 Å². The lowest BCUT2D eigenvalue weighted by atomic mass is 10.00. The van der Waals surface area contributed by atoms with Gasteiger partial charge in [0.15, 0.2) is 0 Å². The Hall–Kier alpha value is -3.03. The second-order valence-corrected chi connectivity index (χ2v) is 8.07. The van der Waals surface area contributed by atoms with Gasteiger partial charge in [0.05, 0.1) is 11.0 Å². The van der Waals surface area contributed by atoms with Crippen molar-refractivity contribution in [3.8, 4) is 0 Å². The fraction of sp³-hybridized carbons (Fsp3) is 0.304. The lowest BCUT2D eigenvalue weighted by Gasteiger charge is -2.28. The molecule has 2 N–H and O–H groups in total. The van der Waals surface area contributed by atoms with Crippen molar-refractivity contribution in [3.05, 3.63) is 74.4 Å². The quantitative estimate of drug-likeness (QED) is 0.640. The van der Waals surface area contributed by atoms with Gasteiger partial charge in [-0.3, -0.25) is 24.5 Å². The van der Waals surface area contributed by atoms with Crippen molar-refractivity contribution >= 4 is 34.1 Å². The van der Waals surface area contributed by atoms with Crippen LogP contribution in [0.15, 0.2) is 46.5 Å². The van der Waals surface area contributed by atoms with Crippen molar-refractivity contribution in [2.45, 2.75) is 26.3 Å². The van der Waals surface area contributed by atoms with Crippen molar-refractivity contribution in [1.82, 2.24) is 25.2 Å². The van der Waals surface area contributed by atoms with E-state index in [2.05, 4.69) is 25.2 Å². The minimum Gasteiger partial charge on any atom is -0.354 e. The highest BCUT2D eigenvalue weighted by Crippen LogP contribution is 2.30. The molecule has 1 amide bonds. The van der Waals surface area contributed by atoms with Gasteiger partial charge in [0, 0.05) is 49.7 Å². The van der Waals surface area contributed by atoms with Crippen LogP contribution in [0.4, 0.5) is 0 Å². The Morgan fingerprint density at radius 2 is 2.10 bits per heavy atom. The van der Waals surface area contributed by atoms with Crippen LogP contribution in [0.2, 0.25) is 0 Å². The molecule has 0 aliphatic carbocycles. The van der Waals surface area contributed by atoms with Gasteiger partial charge in [0.2, 0.25) is 0 Å². The fourth-order valence-electron chi connectivity index (χ4n) is 3.82. The molecule has 1 aliphatic rings. The van der Waals surface area contributed by atoms with Crippen molar-refractivity contribution in [2.24, 2.45) is 0 Å². The first-order valence-corrected chi connectivity index (χ1v) is 10.7. The number of aryl methyl sites for hydroxylation is 1. The molecule has 0 aromatic carbocycles. The number of aromatic nitrogens is 3. The van der Waals surface area contributed by atoms with Crippen LogP contribution in [0.1, 0.15) is 40.5 Å². The first kappa shape index (κ1) is 21.2. The van der Waals surface area contributed by atoms with Gasteiger partial charge in [-0.1, -0.05) is 24.6 Å². The van der Waals surface area contributed by atoms with E-state index in [0.29, 0.717) is 25.2 Å². The normalized spacial score (nSPS) is 14.8. The summed E-state index contributed by atoms with van der Waals surface area (Å²) in [6.45, 7) is 4.11. The zero-order valence-corrected chi connectivity index (χ0v) is 18.3. The van der Waals surface area contributed by atoms with Crippen LogP contribution in [-0.2, 0) is 13.0 Å². The molecular weight excluding hydrogens is 414 g/mol. The summed E-state index contributed by atoms with van der Waals surface area (Å²) >= 11 is 6.62. The van der Waals surface area contributed by atoms with E-state index < -0.39 is 0 Å². The molecule has 31 heavy (non-hydrogen) atoms.